The van der Waals surface area contributed by atoms with Gasteiger partial charge in [0.2, 0.25) is 0 Å². The van der Waals surface area contributed by atoms with Crippen LogP contribution in [0.25, 0.3) is 21.0 Å². The maximum Gasteiger partial charge on any atom is 0.185 e. The number of rotatable bonds is 8. The number of benzene rings is 2. The predicted molar refractivity (Wildman–Crippen MR) is 120 cm³/mol. The fraction of sp³-hybridized carbons (Fsp3) is 0.190. The molecule has 0 aliphatic carbocycles. The smallest absolute Gasteiger partial charge is 0.185 e. The second-order valence-corrected chi connectivity index (χ2v) is 7.64. The summed E-state index contributed by atoms with van der Waals surface area (Å²) in [7, 11) is 0. The Morgan fingerprint density at radius 1 is 0.862 bits per heavy atom. The summed E-state index contributed by atoms with van der Waals surface area (Å²) in [5.41, 5.74) is 15.2. The topological polar surface area (TPSA) is 137 Å². The number of hydrogen-bond acceptors (Lipinski definition) is 4. The number of nitrogens with two attached hydrogens (primary N) is 2. The lowest BCUT2D eigenvalue weighted by molar-refractivity contribution is 0.854. The molecular weight excluding hydrogens is 382 g/mol. The number of nitrogens with one attached hydrogen (secondary N) is 4. The van der Waals surface area contributed by atoms with Crippen LogP contribution < -0.4 is 22.1 Å². The predicted octanol–water partition coefficient (Wildman–Crippen LogP) is 2.53. The molecule has 0 aliphatic rings. The average Bonchev–Trinajstić information content (AvgIpc) is 3.18. The van der Waals surface area contributed by atoms with Gasteiger partial charge >= 0.3 is 0 Å². The summed E-state index contributed by atoms with van der Waals surface area (Å²) in [6.45, 7) is 1.27. The van der Waals surface area contributed by atoms with Gasteiger partial charge in [-0.05, 0) is 35.6 Å². The molecule has 0 atom stereocenters. The lowest BCUT2D eigenvalue weighted by Crippen LogP contribution is -2.31. The minimum atomic E-state index is -0.00924. The number of thiazole rings is 1. The fourth-order valence-corrected chi connectivity index (χ4v) is 3.87. The molecule has 0 aliphatic heterocycles. The summed E-state index contributed by atoms with van der Waals surface area (Å²) in [5, 5.41) is 21.1. The Bertz CT molecular complexity index is 918. The Morgan fingerprint density at radius 3 is 2.00 bits per heavy atom. The van der Waals surface area contributed by atoms with E-state index < -0.39 is 0 Å². The Morgan fingerprint density at radius 2 is 1.41 bits per heavy atom. The van der Waals surface area contributed by atoms with Crippen LogP contribution in [0.1, 0.15) is 11.1 Å². The summed E-state index contributed by atoms with van der Waals surface area (Å²) < 4.78 is 0. The van der Waals surface area contributed by atoms with Gasteiger partial charge in [0.05, 0.1) is 4.88 Å². The van der Waals surface area contributed by atoms with Crippen LogP contribution in [-0.2, 0) is 12.8 Å². The van der Waals surface area contributed by atoms with Crippen molar-refractivity contribution in [2.24, 2.45) is 11.5 Å². The SMILES string of the molecule is N=C(N)NCCc1cccc(-c2cnc(-c3cccc(CCNC(=N)N)c3)s2)c1. The number of aromatic nitrogens is 1. The Labute approximate surface area is 174 Å². The van der Waals surface area contributed by atoms with E-state index in [4.69, 9.17) is 22.3 Å². The molecule has 29 heavy (non-hydrogen) atoms. The first-order valence-electron chi connectivity index (χ1n) is 9.31. The minimum absolute atomic E-state index is 0.00689. The third-order valence-electron chi connectivity index (χ3n) is 4.35. The second kappa shape index (κ2) is 9.70. The molecule has 0 amide bonds. The highest BCUT2D eigenvalue weighted by molar-refractivity contribution is 7.18. The molecule has 0 bridgehead atoms. The standard InChI is InChI=1S/C21H25N7S/c22-20(23)26-9-7-14-3-1-5-16(11-14)18-13-28-19(29-18)17-6-2-4-15(12-17)8-10-27-21(24)25/h1-6,11-13H,7-10H2,(H4,22,23,26)(H4,24,25,27). The highest BCUT2D eigenvalue weighted by Crippen LogP contribution is 2.32. The summed E-state index contributed by atoms with van der Waals surface area (Å²) in [4.78, 5) is 5.74. The van der Waals surface area contributed by atoms with Crippen molar-refractivity contribution in [2.45, 2.75) is 12.8 Å². The van der Waals surface area contributed by atoms with Crippen LogP contribution in [0, 0.1) is 10.8 Å². The molecule has 0 spiro atoms. The molecule has 8 heteroatoms. The molecular formula is C21H25N7S. The summed E-state index contributed by atoms with van der Waals surface area (Å²) in [6.07, 6.45) is 3.51. The number of nitrogens with zero attached hydrogens (tertiary/aromatic N) is 1. The monoisotopic (exact) mass is 407 g/mol. The van der Waals surface area contributed by atoms with E-state index in [-0.39, 0.29) is 11.9 Å². The number of guanidine groups is 2. The third kappa shape index (κ3) is 6.05. The van der Waals surface area contributed by atoms with Crippen molar-refractivity contribution < 1.29 is 0 Å². The van der Waals surface area contributed by atoms with Gasteiger partial charge in [-0.2, -0.15) is 0 Å². The first-order valence-corrected chi connectivity index (χ1v) is 10.1. The van der Waals surface area contributed by atoms with Crippen LogP contribution in [0.4, 0.5) is 0 Å². The Kier molecular flexibility index (Phi) is 6.80. The molecule has 2 aromatic carbocycles. The molecule has 0 saturated heterocycles. The highest BCUT2D eigenvalue weighted by Gasteiger charge is 2.08. The normalized spacial score (nSPS) is 10.5. The van der Waals surface area contributed by atoms with Crippen molar-refractivity contribution in [1.82, 2.24) is 15.6 Å². The molecule has 3 rings (SSSR count). The first kappa shape index (κ1) is 20.3. The zero-order chi connectivity index (χ0) is 20.6. The number of hydrogen-bond donors (Lipinski definition) is 6. The molecule has 0 saturated carbocycles. The minimum Gasteiger partial charge on any atom is -0.370 e. The molecule has 7 nitrogen and oxygen atoms in total. The van der Waals surface area contributed by atoms with E-state index in [2.05, 4.69) is 52.0 Å². The van der Waals surface area contributed by atoms with E-state index in [9.17, 15) is 0 Å². The van der Waals surface area contributed by atoms with E-state index in [0.29, 0.717) is 13.1 Å². The molecule has 8 N–H and O–H groups in total. The van der Waals surface area contributed by atoms with Crippen LogP contribution in [0.15, 0.2) is 54.7 Å². The van der Waals surface area contributed by atoms with E-state index >= 15 is 0 Å². The lowest BCUT2D eigenvalue weighted by Gasteiger charge is -2.06. The third-order valence-corrected chi connectivity index (χ3v) is 5.44. The van der Waals surface area contributed by atoms with Crippen LogP contribution in [0.2, 0.25) is 0 Å². The van der Waals surface area contributed by atoms with Gasteiger partial charge in [0, 0.05) is 24.8 Å². The van der Waals surface area contributed by atoms with E-state index in [0.717, 1.165) is 33.9 Å². The van der Waals surface area contributed by atoms with E-state index in [1.54, 1.807) is 11.3 Å². The zero-order valence-electron chi connectivity index (χ0n) is 16.0. The van der Waals surface area contributed by atoms with Crippen LogP contribution in [0.3, 0.4) is 0 Å². The summed E-state index contributed by atoms with van der Waals surface area (Å²) in [5.74, 6) is -0.0161. The van der Waals surface area contributed by atoms with Crippen molar-refractivity contribution in [1.29, 1.82) is 10.8 Å². The summed E-state index contributed by atoms with van der Waals surface area (Å²) >= 11 is 1.66. The molecule has 3 aromatic rings. The van der Waals surface area contributed by atoms with Crippen molar-refractivity contribution in [3.63, 3.8) is 0 Å². The quantitative estimate of drug-likeness (QED) is 0.252. The van der Waals surface area contributed by atoms with Gasteiger partial charge in [0.1, 0.15) is 5.01 Å². The van der Waals surface area contributed by atoms with Crippen LogP contribution >= 0.6 is 11.3 Å². The van der Waals surface area contributed by atoms with Crippen molar-refractivity contribution in [2.75, 3.05) is 13.1 Å². The van der Waals surface area contributed by atoms with Crippen LogP contribution in [-0.4, -0.2) is 30.0 Å². The Hall–Kier alpha value is -3.39. The summed E-state index contributed by atoms with van der Waals surface area (Å²) in [6, 6.07) is 16.7. The maximum atomic E-state index is 7.23. The molecule has 1 heterocycles. The highest BCUT2D eigenvalue weighted by atomic mass is 32.1. The molecule has 0 unspecified atom stereocenters. The maximum absolute atomic E-state index is 7.23. The van der Waals surface area contributed by atoms with Gasteiger partial charge in [0.25, 0.3) is 0 Å². The van der Waals surface area contributed by atoms with Crippen molar-refractivity contribution in [3.05, 3.63) is 65.9 Å². The molecule has 1 aromatic heterocycles. The molecule has 0 fully saturated rings. The van der Waals surface area contributed by atoms with Gasteiger partial charge < -0.3 is 22.1 Å². The zero-order valence-corrected chi connectivity index (χ0v) is 16.9. The van der Waals surface area contributed by atoms with Gasteiger partial charge in [0.15, 0.2) is 11.9 Å². The average molecular weight is 408 g/mol. The fourth-order valence-electron chi connectivity index (χ4n) is 2.96. The Balaban J connectivity index is 1.71. The van der Waals surface area contributed by atoms with Gasteiger partial charge in [-0.1, -0.05) is 42.5 Å². The van der Waals surface area contributed by atoms with Crippen molar-refractivity contribution >= 4 is 23.3 Å². The van der Waals surface area contributed by atoms with Gasteiger partial charge in [-0.15, -0.1) is 11.3 Å². The first-order chi connectivity index (χ1) is 14.0. The lowest BCUT2D eigenvalue weighted by atomic mass is 10.1. The van der Waals surface area contributed by atoms with E-state index in [1.807, 2.05) is 18.3 Å². The molecule has 0 radical (unpaired) electrons. The van der Waals surface area contributed by atoms with Gasteiger partial charge in [-0.25, -0.2) is 4.98 Å². The molecule has 150 valence electrons. The largest absolute Gasteiger partial charge is 0.370 e. The van der Waals surface area contributed by atoms with Gasteiger partial charge in [-0.3, -0.25) is 10.8 Å². The van der Waals surface area contributed by atoms with Crippen molar-refractivity contribution in [3.8, 4) is 21.0 Å². The second-order valence-electron chi connectivity index (χ2n) is 6.61. The van der Waals surface area contributed by atoms with E-state index in [1.165, 1.54) is 11.1 Å². The van der Waals surface area contributed by atoms with Crippen LogP contribution in [0.5, 0.6) is 0 Å².